The number of aromatic nitrogens is 1. The number of nitrogens with one attached hydrogen (secondary N) is 1. The lowest BCUT2D eigenvalue weighted by atomic mass is 9.94. The first-order valence-corrected chi connectivity index (χ1v) is 9.98. The summed E-state index contributed by atoms with van der Waals surface area (Å²) in [5.41, 5.74) is 0.0950. The number of halogens is 2. The van der Waals surface area contributed by atoms with Gasteiger partial charge in [0.2, 0.25) is 0 Å². The Bertz CT molecular complexity index is 1140. The zero-order valence-corrected chi connectivity index (χ0v) is 18.2. The van der Waals surface area contributed by atoms with Crippen LogP contribution in [0.5, 0.6) is 0 Å². The molecule has 0 bridgehead atoms. The highest BCUT2D eigenvalue weighted by Gasteiger charge is 2.29. The van der Waals surface area contributed by atoms with E-state index in [9.17, 15) is 20.0 Å². The summed E-state index contributed by atoms with van der Waals surface area (Å²) in [5, 5.41) is 27.9. The van der Waals surface area contributed by atoms with Crippen molar-refractivity contribution in [3.8, 4) is 22.6 Å². The lowest BCUT2D eigenvalue weighted by Gasteiger charge is -2.21. The molecule has 2 aromatic carbocycles. The van der Waals surface area contributed by atoms with Crippen molar-refractivity contribution in [2.45, 2.75) is 13.8 Å². The second-order valence-corrected chi connectivity index (χ2v) is 8.46. The van der Waals surface area contributed by atoms with Crippen LogP contribution in [-0.2, 0) is 0 Å². The number of aliphatic hydroxyl groups is 1. The molecule has 0 atom stereocenters. The summed E-state index contributed by atoms with van der Waals surface area (Å²) in [4.78, 5) is 23.8. The first-order valence-electron chi connectivity index (χ1n) is 9.22. The fourth-order valence-corrected chi connectivity index (χ4v) is 3.20. The van der Waals surface area contributed by atoms with E-state index in [-0.39, 0.29) is 46.4 Å². The molecule has 2 N–H and O–H groups in total. The van der Waals surface area contributed by atoms with Gasteiger partial charge in [-0.3, -0.25) is 14.9 Å². The molecule has 1 amide bonds. The van der Waals surface area contributed by atoms with Gasteiger partial charge in [-0.1, -0.05) is 60.4 Å². The van der Waals surface area contributed by atoms with E-state index in [1.165, 1.54) is 18.2 Å². The molecule has 0 aliphatic heterocycles. The number of aliphatic hydroxyl groups excluding tert-OH is 1. The number of nitro benzene ring substituents is 1. The molecule has 0 radical (unpaired) electrons. The maximum absolute atomic E-state index is 13.2. The van der Waals surface area contributed by atoms with Crippen LogP contribution in [0.1, 0.15) is 24.2 Å². The van der Waals surface area contributed by atoms with Gasteiger partial charge < -0.3 is 14.9 Å². The summed E-state index contributed by atoms with van der Waals surface area (Å²) in [5.74, 6) is -0.487. The zero-order chi connectivity index (χ0) is 22.8. The summed E-state index contributed by atoms with van der Waals surface area (Å²) < 4.78 is 5.46. The van der Waals surface area contributed by atoms with Gasteiger partial charge in [0.25, 0.3) is 11.6 Å². The zero-order valence-electron chi connectivity index (χ0n) is 16.7. The Morgan fingerprint density at radius 3 is 2.58 bits per heavy atom. The van der Waals surface area contributed by atoms with Crippen molar-refractivity contribution in [3.05, 3.63) is 68.2 Å². The maximum Gasteiger partial charge on any atom is 0.288 e. The number of amides is 1. The minimum absolute atomic E-state index is 0.0361. The van der Waals surface area contributed by atoms with E-state index in [0.29, 0.717) is 10.6 Å². The van der Waals surface area contributed by atoms with Crippen LogP contribution in [0, 0.1) is 15.5 Å². The largest absolute Gasteiger partial charge is 0.396 e. The van der Waals surface area contributed by atoms with Gasteiger partial charge in [-0.05, 0) is 18.2 Å². The van der Waals surface area contributed by atoms with E-state index < -0.39 is 16.2 Å². The van der Waals surface area contributed by atoms with Gasteiger partial charge in [0.1, 0.15) is 16.3 Å². The van der Waals surface area contributed by atoms with Crippen LogP contribution < -0.4 is 5.32 Å². The molecule has 3 aromatic rings. The highest BCUT2D eigenvalue weighted by atomic mass is 35.5. The smallest absolute Gasteiger partial charge is 0.288 e. The van der Waals surface area contributed by atoms with Gasteiger partial charge in [0.05, 0.1) is 9.95 Å². The summed E-state index contributed by atoms with van der Waals surface area (Å²) in [6.07, 6.45) is 0. The van der Waals surface area contributed by atoms with Crippen molar-refractivity contribution >= 4 is 34.8 Å². The van der Waals surface area contributed by atoms with Crippen LogP contribution in [0.2, 0.25) is 10.0 Å². The van der Waals surface area contributed by atoms with Crippen LogP contribution in [0.25, 0.3) is 22.6 Å². The van der Waals surface area contributed by atoms with E-state index in [1.54, 1.807) is 38.1 Å². The van der Waals surface area contributed by atoms with Gasteiger partial charge in [-0.15, -0.1) is 0 Å². The minimum atomic E-state index is -0.624. The van der Waals surface area contributed by atoms with Gasteiger partial charge in [-0.2, -0.15) is 0 Å². The van der Waals surface area contributed by atoms with Crippen molar-refractivity contribution in [1.29, 1.82) is 0 Å². The molecule has 162 valence electrons. The van der Waals surface area contributed by atoms with E-state index in [4.69, 9.17) is 27.7 Å². The number of carbonyl (C=O) groups excluding carboxylic acids is 1. The Kier molecular flexibility index (Phi) is 6.64. The molecule has 10 heteroatoms. The Balaban J connectivity index is 2.15. The Hall–Kier alpha value is -2.94. The summed E-state index contributed by atoms with van der Waals surface area (Å²) in [7, 11) is 0. The third-order valence-electron chi connectivity index (χ3n) is 4.61. The predicted molar refractivity (Wildman–Crippen MR) is 117 cm³/mol. The number of rotatable bonds is 7. The normalized spacial score (nSPS) is 11.4. The van der Waals surface area contributed by atoms with Crippen LogP contribution >= 0.6 is 23.2 Å². The molecule has 8 nitrogen and oxygen atoms in total. The Morgan fingerprint density at radius 1 is 1.23 bits per heavy atom. The topological polar surface area (TPSA) is 118 Å². The van der Waals surface area contributed by atoms with E-state index in [0.717, 1.165) is 0 Å². The van der Waals surface area contributed by atoms with Crippen LogP contribution in [0.4, 0.5) is 5.69 Å². The third-order valence-corrected chi connectivity index (χ3v) is 5.26. The Labute approximate surface area is 187 Å². The number of hydrogen-bond donors (Lipinski definition) is 2. The summed E-state index contributed by atoms with van der Waals surface area (Å²) in [6, 6.07) is 10.9. The molecule has 3 rings (SSSR count). The summed E-state index contributed by atoms with van der Waals surface area (Å²) in [6.45, 7) is 3.62. The second kappa shape index (κ2) is 9.05. The number of benzene rings is 2. The molecule has 31 heavy (non-hydrogen) atoms. The van der Waals surface area contributed by atoms with Crippen LogP contribution in [0.15, 0.2) is 47.0 Å². The molecule has 0 fully saturated rings. The van der Waals surface area contributed by atoms with Gasteiger partial charge >= 0.3 is 0 Å². The summed E-state index contributed by atoms with van der Waals surface area (Å²) >= 11 is 12.2. The standard InChI is InChI=1S/C21H19Cl2N3O5/c1-21(2,11-27)10-24-20(28)17-18(13-5-3-4-6-14(13)22)25-31-19(17)12-7-8-15(23)16(9-12)26(29)30/h3-9,27H,10-11H2,1-2H3,(H,24,28). The fourth-order valence-electron chi connectivity index (χ4n) is 2.79. The lowest BCUT2D eigenvalue weighted by molar-refractivity contribution is -0.384. The van der Waals surface area contributed by atoms with Crippen LogP contribution in [0.3, 0.4) is 0 Å². The third kappa shape index (κ3) is 4.87. The van der Waals surface area contributed by atoms with Crippen molar-refractivity contribution in [1.82, 2.24) is 10.5 Å². The lowest BCUT2D eigenvalue weighted by Crippen LogP contribution is -2.36. The maximum atomic E-state index is 13.2. The molecular formula is C21H19Cl2N3O5. The monoisotopic (exact) mass is 463 g/mol. The number of nitro groups is 1. The number of carbonyl (C=O) groups is 1. The highest BCUT2D eigenvalue weighted by Crippen LogP contribution is 2.37. The molecular weight excluding hydrogens is 445 g/mol. The average molecular weight is 464 g/mol. The van der Waals surface area contributed by atoms with Crippen molar-refractivity contribution in [2.24, 2.45) is 5.41 Å². The SMILES string of the molecule is CC(C)(CO)CNC(=O)c1c(-c2ccccc2Cl)noc1-c1ccc(Cl)c([N+](=O)[O-])c1. The predicted octanol–water partition coefficient (Wildman–Crippen LogP) is 4.97. The van der Waals surface area contributed by atoms with Gasteiger partial charge in [0.15, 0.2) is 5.76 Å². The molecule has 0 aliphatic carbocycles. The molecule has 0 spiro atoms. The first kappa shape index (κ1) is 22.7. The molecule has 1 heterocycles. The van der Waals surface area contributed by atoms with Crippen molar-refractivity contribution in [3.63, 3.8) is 0 Å². The highest BCUT2D eigenvalue weighted by molar-refractivity contribution is 6.33. The first-order chi connectivity index (χ1) is 14.6. The van der Waals surface area contributed by atoms with Gasteiger partial charge in [0, 0.05) is 35.8 Å². The molecule has 0 saturated heterocycles. The average Bonchev–Trinajstić information content (AvgIpc) is 3.17. The van der Waals surface area contributed by atoms with E-state index in [2.05, 4.69) is 10.5 Å². The molecule has 0 aliphatic rings. The number of nitrogens with zero attached hydrogens (tertiary/aromatic N) is 2. The van der Waals surface area contributed by atoms with Gasteiger partial charge in [-0.25, -0.2) is 0 Å². The minimum Gasteiger partial charge on any atom is -0.396 e. The molecule has 1 aromatic heterocycles. The van der Waals surface area contributed by atoms with E-state index >= 15 is 0 Å². The van der Waals surface area contributed by atoms with Crippen molar-refractivity contribution < 1.29 is 19.3 Å². The Morgan fingerprint density at radius 2 is 1.94 bits per heavy atom. The molecule has 0 saturated carbocycles. The second-order valence-electron chi connectivity index (χ2n) is 7.64. The number of hydrogen-bond acceptors (Lipinski definition) is 6. The quantitative estimate of drug-likeness (QED) is 0.376. The molecule has 0 unspecified atom stereocenters. The van der Waals surface area contributed by atoms with Crippen molar-refractivity contribution in [2.75, 3.05) is 13.2 Å². The van der Waals surface area contributed by atoms with E-state index in [1.807, 2.05) is 0 Å². The fraction of sp³-hybridized carbons (Fsp3) is 0.238. The van der Waals surface area contributed by atoms with Crippen LogP contribution in [-0.4, -0.2) is 34.2 Å².